The van der Waals surface area contributed by atoms with Crippen LogP contribution in [0.15, 0.2) is 16.5 Å². The summed E-state index contributed by atoms with van der Waals surface area (Å²) < 4.78 is 5.08. The third-order valence-corrected chi connectivity index (χ3v) is 2.87. The van der Waals surface area contributed by atoms with Crippen molar-refractivity contribution < 1.29 is 9.21 Å². The summed E-state index contributed by atoms with van der Waals surface area (Å²) in [4.78, 5) is 13.6. The van der Waals surface area contributed by atoms with E-state index in [-0.39, 0.29) is 23.5 Å². The Labute approximate surface area is 105 Å². The highest BCUT2D eigenvalue weighted by Crippen LogP contribution is 2.17. The van der Waals surface area contributed by atoms with Gasteiger partial charge in [0.2, 0.25) is 0 Å². The monoisotopic (exact) mass is 264 g/mol. The highest BCUT2D eigenvalue weighted by atomic mass is 35.5. The van der Waals surface area contributed by atoms with E-state index in [0.29, 0.717) is 11.8 Å². The second kappa shape index (κ2) is 5.57. The maximum atomic E-state index is 11.9. The number of likely N-dealkylation sites (tertiary alicyclic amines) is 1. The molecule has 1 aromatic heterocycles. The summed E-state index contributed by atoms with van der Waals surface area (Å²) >= 11 is 5.62. The lowest BCUT2D eigenvalue weighted by Gasteiger charge is -2.14. The number of hydrogen-bond donors (Lipinski definition) is 1. The summed E-state index contributed by atoms with van der Waals surface area (Å²) in [6.45, 7) is 1.50. The second-order valence-corrected chi connectivity index (χ2v) is 4.00. The Balaban J connectivity index is 0.00000128. The van der Waals surface area contributed by atoms with Crippen LogP contribution in [0.2, 0.25) is 5.22 Å². The Morgan fingerprint density at radius 2 is 2.38 bits per heavy atom. The lowest BCUT2D eigenvalue weighted by molar-refractivity contribution is 0.0758. The molecule has 0 aromatic carbocycles. The highest BCUT2D eigenvalue weighted by Gasteiger charge is 2.27. The van der Waals surface area contributed by atoms with Gasteiger partial charge in [0.15, 0.2) is 11.0 Å². The van der Waals surface area contributed by atoms with Gasteiger partial charge in [0.1, 0.15) is 0 Å². The minimum atomic E-state index is -0.0837. The SMILES string of the molecule is CNC1CCN(C(=O)c2ccc(Cl)o2)C1.Cl. The van der Waals surface area contributed by atoms with Gasteiger partial charge in [-0.3, -0.25) is 4.79 Å². The summed E-state index contributed by atoms with van der Waals surface area (Å²) in [5.74, 6) is 0.233. The zero-order chi connectivity index (χ0) is 10.8. The molecule has 1 aliphatic heterocycles. The molecule has 1 N–H and O–H groups in total. The van der Waals surface area contributed by atoms with Crippen LogP contribution in [0.3, 0.4) is 0 Å². The Bertz CT molecular complexity index is 367. The molecule has 0 spiro atoms. The van der Waals surface area contributed by atoms with Gasteiger partial charge in [-0.2, -0.15) is 0 Å². The van der Waals surface area contributed by atoms with Gasteiger partial charge >= 0.3 is 0 Å². The van der Waals surface area contributed by atoms with E-state index in [2.05, 4.69) is 5.32 Å². The number of halogens is 2. The van der Waals surface area contributed by atoms with E-state index in [1.807, 2.05) is 7.05 Å². The standard InChI is InChI=1S/C10H13ClN2O2.ClH/c1-12-7-4-5-13(6-7)10(14)8-2-3-9(11)15-8;/h2-3,7,12H,4-6H2,1H3;1H. The summed E-state index contributed by atoms with van der Waals surface area (Å²) in [5.41, 5.74) is 0. The van der Waals surface area contributed by atoms with Gasteiger partial charge in [-0.1, -0.05) is 0 Å². The average Bonchev–Trinajstić information content (AvgIpc) is 2.84. The van der Waals surface area contributed by atoms with E-state index in [1.54, 1.807) is 17.0 Å². The fourth-order valence-electron chi connectivity index (χ4n) is 1.77. The van der Waals surface area contributed by atoms with Crippen LogP contribution in [0.5, 0.6) is 0 Å². The summed E-state index contributed by atoms with van der Waals surface area (Å²) in [6.07, 6.45) is 0.983. The van der Waals surface area contributed by atoms with Crippen LogP contribution in [-0.4, -0.2) is 37.0 Å². The van der Waals surface area contributed by atoms with Crippen LogP contribution in [-0.2, 0) is 0 Å². The van der Waals surface area contributed by atoms with Gasteiger partial charge in [-0.25, -0.2) is 0 Å². The van der Waals surface area contributed by atoms with Crippen molar-refractivity contribution >= 4 is 29.9 Å². The average molecular weight is 265 g/mol. The molecule has 1 fully saturated rings. The molecule has 0 bridgehead atoms. The molecule has 1 aliphatic rings. The van der Waals surface area contributed by atoms with E-state index in [1.165, 1.54) is 0 Å². The summed E-state index contributed by atoms with van der Waals surface area (Å²) in [5, 5.41) is 3.41. The molecule has 1 saturated heterocycles. The fourth-order valence-corrected chi connectivity index (χ4v) is 1.91. The number of likely N-dealkylation sites (N-methyl/N-ethyl adjacent to an activating group) is 1. The zero-order valence-electron chi connectivity index (χ0n) is 8.90. The first-order valence-electron chi connectivity index (χ1n) is 4.92. The number of amides is 1. The smallest absolute Gasteiger partial charge is 0.289 e. The van der Waals surface area contributed by atoms with Gasteiger partial charge in [0.05, 0.1) is 0 Å². The van der Waals surface area contributed by atoms with Crippen LogP contribution in [0, 0.1) is 0 Å². The highest BCUT2D eigenvalue weighted by molar-refractivity contribution is 6.29. The van der Waals surface area contributed by atoms with Crippen molar-refractivity contribution in [2.75, 3.05) is 20.1 Å². The first-order valence-corrected chi connectivity index (χ1v) is 5.30. The molecular weight excluding hydrogens is 251 g/mol. The molecule has 0 saturated carbocycles. The number of rotatable bonds is 2. The first kappa shape index (κ1) is 13.4. The Morgan fingerprint density at radius 1 is 1.62 bits per heavy atom. The molecular formula is C10H14Cl2N2O2. The molecule has 90 valence electrons. The minimum Gasteiger partial charge on any atom is -0.440 e. The molecule has 1 aromatic rings. The fraction of sp³-hybridized carbons (Fsp3) is 0.500. The van der Waals surface area contributed by atoms with Crippen LogP contribution < -0.4 is 5.32 Å². The lowest BCUT2D eigenvalue weighted by Crippen LogP contribution is -2.33. The number of carbonyl (C=O) groups is 1. The maximum Gasteiger partial charge on any atom is 0.289 e. The quantitative estimate of drug-likeness (QED) is 0.886. The van der Waals surface area contributed by atoms with Gasteiger partial charge in [0.25, 0.3) is 5.91 Å². The van der Waals surface area contributed by atoms with Crippen molar-refractivity contribution in [1.82, 2.24) is 10.2 Å². The second-order valence-electron chi connectivity index (χ2n) is 3.63. The lowest BCUT2D eigenvalue weighted by atomic mass is 10.3. The van der Waals surface area contributed by atoms with E-state index in [9.17, 15) is 4.79 Å². The molecule has 1 atom stereocenters. The van der Waals surface area contributed by atoms with E-state index >= 15 is 0 Å². The first-order chi connectivity index (χ1) is 7.20. The minimum absolute atomic E-state index is 0. The summed E-state index contributed by atoms with van der Waals surface area (Å²) in [6, 6.07) is 3.58. The third-order valence-electron chi connectivity index (χ3n) is 2.67. The predicted octanol–water partition coefficient (Wildman–Crippen LogP) is 1.79. The Morgan fingerprint density at radius 3 is 2.88 bits per heavy atom. The van der Waals surface area contributed by atoms with Crippen LogP contribution >= 0.6 is 24.0 Å². The van der Waals surface area contributed by atoms with Crippen molar-refractivity contribution in [3.05, 3.63) is 23.1 Å². The summed E-state index contributed by atoms with van der Waals surface area (Å²) in [7, 11) is 1.91. The van der Waals surface area contributed by atoms with Crippen LogP contribution in [0.1, 0.15) is 17.0 Å². The molecule has 6 heteroatoms. The number of nitrogens with zero attached hydrogens (tertiary/aromatic N) is 1. The maximum absolute atomic E-state index is 11.9. The van der Waals surface area contributed by atoms with Crippen molar-refractivity contribution in [2.24, 2.45) is 0 Å². The predicted molar refractivity (Wildman–Crippen MR) is 64.3 cm³/mol. The van der Waals surface area contributed by atoms with Crippen LogP contribution in [0.25, 0.3) is 0 Å². The molecule has 2 heterocycles. The Hall–Kier alpha value is -0.710. The van der Waals surface area contributed by atoms with Gasteiger partial charge in [-0.15, -0.1) is 12.4 Å². The topological polar surface area (TPSA) is 45.5 Å². The van der Waals surface area contributed by atoms with Crippen molar-refractivity contribution in [2.45, 2.75) is 12.5 Å². The number of furan rings is 1. The van der Waals surface area contributed by atoms with E-state index in [4.69, 9.17) is 16.0 Å². The number of carbonyl (C=O) groups excluding carboxylic acids is 1. The normalized spacial score (nSPS) is 19.6. The molecule has 1 unspecified atom stereocenters. The zero-order valence-corrected chi connectivity index (χ0v) is 10.5. The largest absolute Gasteiger partial charge is 0.440 e. The van der Waals surface area contributed by atoms with Gasteiger partial charge < -0.3 is 14.6 Å². The van der Waals surface area contributed by atoms with E-state index < -0.39 is 0 Å². The van der Waals surface area contributed by atoms with Gasteiger partial charge in [0, 0.05) is 19.1 Å². The Kier molecular flexibility index (Phi) is 4.65. The number of nitrogens with one attached hydrogen (secondary N) is 1. The van der Waals surface area contributed by atoms with Crippen molar-refractivity contribution in [1.29, 1.82) is 0 Å². The number of hydrogen-bond acceptors (Lipinski definition) is 3. The van der Waals surface area contributed by atoms with Crippen molar-refractivity contribution in [3.63, 3.8) is 0 Å². The third kappa shape index (κ3) is 2.70. The van der Waals surface area contributed by atoms with E-state index in [0.717, 1.165) is 19.5 Å². The van der Waals surface area contributed by atoms with Crippen molar-refractivity contribution in [3.8, 4) is 0 Å². The molecule has 0 radical (unpaired) electrons. The van der Waals surface area contributed by atoms with Gasteiger partial charge in [-0.05, 0) is 37.2 Å². The molecule has 1 amide bonds. The molecule has 16 heavy (non-hydrogen) atoms. The molecule has 0 aliphatic carbocycles. The molecule has 2 rings (SSSR count). The molecule has 4 nitrogen and oxygen atoms in total. The van der Waals surface area contributed by atoms with Crippen LogP contribution in [0.4, 0.5) is 0 Å².